The summed E-state index contributed by atoms with van der Waals surface area (Å²) in [5.41, 5.74) is 1.19. The Morgan fingerprint density at radius 3 is 2.58 bits per heavy atom. The van der Waals surface area contributed by atoms with Gasteiger partial charge in [-0.3, -0.25) is 4.79 Å². The lowest BCUT2D eigenvalue weighted by molar-refractivity contribution is -0.114. The molecule has 0 aliphatic carbocycles. The van der Waals surface area contributed by atoms with Crippen molar-refractivity contribution in [3.05, 3.63) is 35.0 Å². The van der Waals surface area contributed by atoms with Gasteiger partial charge in [0.05, 0.1) is 6.04 Å². The van der Waals surface area contributed by atoms with Crippen molar-refractivity contribution >= 4 is 11.8 Å². The van der Waals surface area contributed by atoms with E-state index in [0.29, 0.717) is 16.8 Å². The van der Waals surface area contributed by atoms with Crippen molar-refractivity contribution in [1.82, 2.24) is 10.6 Å². The van der Waals surface area contributed by atoms with Crippen molar-refractivity contribution in [2.75, 3.05) is 0 Å². The van der Waals surface area contributed by atoms with Gasteiger partial charge in [0.1, 0.15) is 11.5 Å². The maximum Gasteiger partial charge on any atom is 0.319 e. The normalized spacial score (nSPS) is 18.8. The molecule has 1 aliphatic rings. The van der Waals surface area contributed by atoms with Crippen LogP contribution in [0.15, 0.2) is 29.5 Å². The van der Waals surface area contributed by atoms with Crippen molar-refractivity contribution in [2.24, 2.45) is 0 Å². The number of rotatable bonds is 2. The third kappa shape index (κ3) is 2.37. The molecule has 2 amide bonds. The van der Waals surface area contributed by atoms with Crippen molar-refractivity contribution in [3.63, 3.8) is 0 Å². The Morgan fingerprint density at radius 2 is 2.00 bits per heavy atom. The molecule has 6 heteroatoms. The van der Waals surface area contributed by atoms with E-state index in [4.69, 9.17) is 0 Å². The van der Waals surface area contributed by atoms with Crippen LogP contribution in [0, 0.1) is 0 Å². The Hall–Kier alpha value is -2.50. The molecule has 0 fully saturated rings. The van der Waals surface area contributed by atoms with Crippen LogP contribution in [0.1, 0.15) is 25.5 Å². The number of ketones is 1. The molecule has 0 aromatic heterocycles. The van der Waals surface area contributed by atoms with Crippen LogP contribution in [0.3, 0.4) is 0 Å². The van der Waals surface area contributed by atoms with Crippen LogP contribution in [0.25, 0.3) is 0 Å². The Labute approximate surface area is 109 Å². The first-order valence-corrected chi connectivity index (χ1v) is 5.71. The van der Waals surface area contributed by atoms with Crippen LogP contribution in [-0.2, 0) is 4.79 Å². The highest BCUT2D eigenvalue weighted by Gasteiger charge is 2.30. The van der Waals surface area contributed by atoms with Gasteiger partial charge in [-0.05, 0) is 26.0 Å². The Balaban J connectivity index is 2.55. The summed E-state index contributed by atoms with van der Waals surface area (Å²) in [7, 11) is 0. The Bertz CT molecular complexity index is 592. The number of phenols is 2. The highest BCUT2D eigenvalue weighted by molar-refractivity contribution is 5.98. The minimum absolute atomic E-state index is 0.0911. The Kier molecular flexibility index (Phi) is 3.16. The smallest absolute Gasteiger partial charge is 0.319 e. The monoisotopic (exact) mass is 262 g/mol. The Morgan fingerprint density at radius 1 is 1.32 bits per heavy atom. The van der Waals surface area contributed by atoms with Crippen LogP contribution >= 0.6 is 0 Å². The number of phenolic OH excluding ortho intramolecular Hbond substituents is 2. The number of benzene rings is 1. The average molecular weight is 262 g/mol. The number of carbonyl (C=O) groups excluding carboxylic acids is 2. The predicted molar refractivity (Wildman–Crippen MR) is 67.6 cm³/mol. The second kappa shape index (κ2) is 4.64. The van der Waals surface area contributed by atoms with Gasteiger partial charge in [-0.1, -0.05) is 0 Å². The number of urea groups is 1. The lowest BCUT2D eigenvalue weighted by Gasteiger charge is -2.28. The van der Waals surface area contributed by atoms with E-state index in [-0.39, 0.29) is 17.3 Å². The average Bonchev–Trinajstić information content (AvgIpc) is 2.26. The molecule has 1 aromatic carbocycles. The largest absolute Gasteiger partial charge is 0.508 e. The second-order valence-electron chi connectivity index (χ2n) is 4.37. The minimum Gasteiger partial charge on any atom is -0.508 e. The molecule has 19 heavy (non-hydrogen) atoms. The van der Waals surface area contributed by atoms with Crippen molar-refractivity contribution in [2.45, 2.75) is 19.9 Å². The summed E-state index contributed by atoms with van der Waals surface area (Å²) >= 11 is 0. The molecule has 2 rings (SSSR count). The summed E-state index contributed by atoms with van der Waals surface area (Å²) < 4.78 is 0. The lowest BCUT2D eigenvalue weighted by atomic mass is 9.92. The zero-order chi connectivity index (χ0) is 14.2. The van der Waals surface area contributed by atoms with Crippen molar-refractivity contribution < 1.29 is 19.8 Å². The number of amides is 2. The third-order valence-corrected chi connectivity index (χ3v) is 2.97. The van der Waals surface area contributed by atoms with Crippen molar-refractivity contribution in [3.8, 4) is 11.5 Å². The van der Waals surface area contributed by atoms with Crippen molar-refractivity contribution in [1.29, 1.82) is 0 Å². The molecule has 6 nitrogen and oxygen atoms in total. The molecule has 0 radical (unpaired) electrons. The number of aromatic hydroxyl groups is 2. The highest BCUT2D eigenvalue weighted by Crippen LogP contribution is 2.34. The summed E-state index contributed by atoms with van der Waals surface area (Å²) in [5, 5.41) is 24.2. The molecule has 100 valence electrons. The van der Waals surface area contributed by atoms with Gasteiger partial charge in [-0.15, -0.1) is 0 Å². The van der Waals surface area contributed by atoms with Crippen LogP contribution < -0.4 is 10.6 Å². The van der Waals surface area contributed by atoms with E-state index >= 15 is 0 Å². The predicted octanol–water partition coefficient (Wildman–Crippen LogP) is 1.31. The molecule has 1 aromatic rings. The number of hydrogen-bond donors (Lipinski definition) is 4. The van der Waals surface area contributed by atoms with Gasteiger partial charge in [0.25, 0.3) is 0 Å². The molecule has 1 unspecified atom stereocenters. The minimum atomic E-state index is -0.730. The molecule has 0 spiro atoms. The fraction of sp³-hybridized carbons (Fsp3) is 0.231. The zero-order valence-corrected chi connectivity index (χ0v) is 10.5. The molecule has 1 heterocycles. The van der Waals surface area contributed by atoms with Gasteiger partial charge < -0.3 is 20.8 Å². The van der Waals surface area contributed by atoms with Gasteiger partial charge in [-0.25, -0.2) is 4.79 Å². The molecular formula is C13H14N2O4. The van der Waals surface area contributed by atoms with E-state index < -0.39 is 12.1 Å². The SMILES string of the molecule is CC(=O)C1=C(C)NC(=O)NC1c1ccc(O)cc1O. The van der Waals surface area contributed by atoms with Crippen LogP contribution in [0.5, 0.6) is 11.5 Å². The molecule has 0 saturated heterocycles. The molecule has 0 bridgehead atoms. The molecule has 1 aliphatic heterocycles. The number of Topliss-reactive ketones (excluding diaryl/α,β-unsaturated/α-hetero) is 1. The summed E-state index contributed by atoms with van der Waals surface area (Å²) in [6.07, 6.45) is 0. The van der Waals surface area contributed by atoms with Gasteiger partial charge in [-0.2, -0.15) is 0 Å². The fourth-order valence-electron chi connectivity index (χ4n) is 2.17. The van der Waals surface area contributed by atoms with Crippen LogP contribution in [0.2, 0.25) is 0 Å². The number of allylic oxidation sites excluding steroid dienone is 1. The highest BCUT2D eigenvalue weighted by atomic mass is 16.3. The summed E-state index contributed by atoms with van der Waals surface area (Å²) in [5.74, 6) is -0.479. The molecular weight excluding hydrogens is 248 g/mol. The van der Waals surface area contributed by atoms with E-state index in [0.717, 1.165) is 6.07 Å². The van der Waals surface area contributed by atoms with E-state index in [1.54, 1.807) is 6.92 Å². The number of nitrogens with one attached hydrogen (secondary N) is 2. The molecule has 4 N–H and O–H groups in total. The van der Waals surface area contributed by atoms with E-state index in [1.807, 2.05) is 0 Å². The van der Waals surface area contributed by atoms with Gasteiger partial charge in [0.2, 0.25) is 0 Å². The topological polar surface area (TPSA) is 98.7 Å². The van der Waals surface area contributed by atoms with Gasteiger partial charge in [0, 0.05) is 22.9 Å². The first kappa shape index (κ1) is 12.9. The van der Waals surface area contributed by atoms with Gasteiger partial charge >= 0.3 is 6.03 Å². The maximum atomic E-state index is 11.7. The first-order valence-electron chi connectivity index (χ1n) is 5.71. The quantitative estimate of drug-likeness (QED) is 0.646. The molecule has 1 atom stereocenters. The standard InChI is InChI=1S/C13H14N2O4/c1-6-11(7(2)16)12(15-13(19)14-6)9-4-3-8(17)5-10(9)18/h3-5,12,17-18H,1-2H3,(H2,14,15,19). The number of hydrogen-bond acceptors (Lipinski definition) is 4. The zero-order valence-electron chi connectivity index (χ0n) is 10.5. The van der Waals surface area contributed by atoms with Crippen LogP contribution in [-0.4, -0.2) is 22.0 Å². The van der Waals surface area contributed by atoms with E-state index in [1.165, 1.54) is 19.1 Å². The lowest BCUT2D eigenvalue weighted by Crippen LogP contribution is -2.44. The van der Waals surface area contributed by atoms with E-state index in [2.05, 4.69) is 10.6 Å². The first-order chi connectivity index (χ1) is 8.90. The molecule has 0 saturated carbocycles. The second-order valence-corrected chi connectivity index (χ2v) is 4.37. The summed E-state index contributed by atoms with van der Waals surface area (Å²) in [4.78, 5) is 23.2. The van der Waals surface area contributed by atoms with E-state index in [9.17, 15) is 19.8 Å². The van der Waals surface area contributed by atoms with Gasteiger partial charge in [0.15, 0.2) is 5.78 Å². The van der Waals surface area contributed by atoms with Crippen LogP contribution in [0.4, 0.5) is 4.79 Å². The fourth-order valence-corrected chi connectivity index (χ4v) is 2.17. The third-order valence-electron chi connectivity index (χ3n) is 2.97. The summed E-state index contributed by atoms with van der Waals surface area (Å²) in [6.45, 7) is 3.02. The summed E-state index contributed by atoms with van der Waals surface area (Å²) in [6, 6.07) is 2.84. The maximum absolute atomic E-state index is 11.7. The number of carbonyl (C=O) groups is 2.